The van der Waals surface area contributed by atoms with Crippen molar-refractivity contribution in [1.82, 2.24) is 4.98 Å². The summed E-state index contributed by atoms with van der Waals surface area (Å²) in [6.07, 6.45) is 0.817. The molecule has 1 N–H and O–H groups in total. The molecule has 0 radical (unpaired) electrons. The summed E-state index contributed by atoms with van der Waals surface area (Å²) in [6, 6.07) is 11.4. The summed E-state index contributed by atoms with van der Waals surface area (Å²) in [6.45, 7) is 0.644. The fourth-order valence-corrected chi connectivity index (χ4v) is 2.39. The second-order valence-electron chi connectivity index (χ2n) is 4.44. The second-order valence-corrected chi connectivity index (χ2v) is 5.50. The summed E-state index contributed by atoms with van der Waals surface area (Å²) in [5.41, 5.74) is 1.58. The number of ether oxygens (including phenoxy) is 1. The van der Waals surface area contributed by atoms with Crippen LogP contribution in [0.15, 0.2) is 36.4 Å². The number of anilines is 1. The first-order valence-corrected chi connectivity index (χ1v) is 7.39. The van der Waals surface area contributed by atoms with Crippen LogP contribution in [0.2, 0.25) is 5.15 Å². The lowest BCUT2D eigenvalue weighted by Crippen LogP contribution is -2.12. The summed E-state index contributed by atoms with van der Waals surface area (Å²) in [4.78, 5) is 15.8. The molecule has 0 bridgehead atoms. The largest absolute Gasteiger partial charge is 0.465 e. The number of pyridine rings is 1. The third-order valence-corrected chi connectivity index (χ3v) is 3.49. The van der Waals surface area contributed by atoms with Crippen molar-refractivity contribution < 1.29 is 9.53 Å². The monoisotopic (exact) mass is 322 g/mol. The van der Waals surface area contributed by atoms with Gasteiger partial charge in [0, 0.05) is 6.54 Å². The molecule has 0 fully saturated rings. The molecule has 21 heavy (non-hydrogen) atoms. The van der Waals surface area contributed by atoms with Gasteiger partial charge < -0.3 is 10.1 Å². The highest BCUT2D eigenvalue weighted by molar-refractivity contribution is 7.27. The smallest absolute Gasteiger partial charge is 0.341 e. The van der Waals surface area contributed by atoms with Crippen molar-refractivity contribution in [2.24, 2.45) is 0 Å². The molecule has 0 aliphatic heterocycles. The van der Waals surface area contributed by atoms with Gasteiger partial charge >= 0.3 is 5.97 Å². The van der Waals surface area contributed by atoms with Gasteiger partial charge in [-0.1, -0.05) is 35.9 Å². The molecule has 1 aromatic carbocycles. The number of nitrogens with zero attached hydrogens (tertiary/aromatic N) is 1. The van der Waals surface area contributed by atoms with E-state index in [0.29, 0.717) is 23.1 Å². The van der Waals surface area contributed by atoms with Crippen LogP contribution in [0.25, 0.3) is 0 Å². The number of aromatic nitrogens is 1. The van der Waals surface area contributed by atoms with Crippen LogP contribution >= 0.6 is 20.8 Å². The molecule has 110 valence electrons. The highest BCUT2D eigenvalue weighted by atomic mass is 35.5. The minimum absolute atomic E-state index is 0.331. The number of hydrogen-bond donors (Lipinski definition) is 1. The van der Waals surface area contributed by atoms with Crippen LogP contribution in [0.1, 0.15) is 15.9 Å². The lowest BCUT2D eigenvalue weighted by atomic mass is 10.1. The van der Waals surface area contributed by atoms with Gasteiger partial charge in [-0.25, -0.2) is 9.78 Å². The number of rotatable bonds is 5. The summed E-state index contributed by atoms with van der Waals surface area (Å²) < 4.78 is 4.73. The van der Waals surface area contributed by atoms with E-state index in [1.54, 1.807) is 12.1 Å². The van der Waals surface area contributed by atoms with Crippen LogP contribution in [0.4, 0.5) is 5.82 Å². The molecular formula is C15H16ClN2O2P. The van der Waals surface area contributed by atoms with Gasteiger partial charge in [-0.2, -0.15) is 0 Å². The van der Waals surface area contributed by atoms with E-state index in [2.05, 4.69) is 31.7 Å². The SMILES string of the molecule is COC(=O)c1ccc(Cl)nc1NCCc1cccc(P)c1. The Kier molecular flexibility index (Phi) is 5.54. The molecule has 0 aliphatic rings. The van der Waals surface area contributed by atoms with Crippen molar-refractivity contribution in [3.05, 3.63) is 52.7 Å². The Labute approximate surface area is 131 Å². The third kappa shape index (κ3) is 4.42. The summed E-state index contributed by atoms with van der Waals surface area (Å²) >= 11 is 5.88. The van der Waals surface area contributed by atoms with E-state index in [1.165, 1.54) is 12.7 Å². The predicted octanol–water partition coefficient (Wildman–Crippen LogP) is 2.68. The van der Waals surface area contributed by atoms with Gasteiger partial charge in [0.15, 0.2) is 0 Å². The van der Waals surface area contributed by atoms with Gasteiger partial charge in [-0.05, 0) is 29.4 Å². The maximum atomic E-state index is 11.7. The molecular weight excluding hydrogens is 307 g/mol. The molecule has 6 heteroatoms. The predicted molar refractivity (Wildman–Crippen MR) is 88.6 cm³/mol. The lowest BCUT2D eigenvalue weighted by Gasteiger charge is -2.10. The number of benzene rings is 1. The summed E-state index contributed by atoms with van der Waals surface area (Å²) in [7, 11) is 4.01. The molecule has 0 saturated carbocycles. The highest BCUT2D eigenvalue weighted by Gasteiger charge is 2.13. The van der Waals surface area contributed by atoms with Gasteiger partial charge in [0.2, 0.25) is 0 Å². The number of halogens is 1. The minimum Gasteiger partial charge on any atom is -0.465 e. The van der Waals surface area contributed by atoms with Gasteiger partial charge in [-0.3, -0.25) is 0 Å². The van der Waals surface area contributed by atoms with Crippen molar-refractivity contribution in [2.45, 2.75) is 6.42 Å². The molecule has 2 aromatic rings. The van der Waals surface area contributed by atoms with Crippen molar-refractivity contribution in [3.8, 4) is 0 Å². The van der Waals surface area contributed by atoms with Crippen molar-refractivity contribution >= 4 is 37.9 Å². The maximum Gasteiger partial charge on any atom is 0.341 e. The van der Waals surface area contributed by atoms with E-state index in [9.17, 15) is 4.79 Å². The first-order valence-electron chi connectivity index (χ1n) is 6.43. The average Bonchev–Trinajstić information content (AvgIpc) is 2.47. The molecule has 0 spiro atoms. The molecule has 1 aromatic heterocycles. The Morgan fingerprint density at radius 2 is 2.19 bits per heavy atom. The van der Waals surface area contributed by atoms with E-state index in [0.717, 1.165) is 11.7 Å². The standard InChI is InChI=1S/C15H16ClN2O2P/c1-20-15(19)12-5-6-13(16)18-14(12)17-8-7-10-3-2-4-11(21)9-10/h2-6,9H,7-8,21H2,1H3,(H,17,18). The van der Waals surface area contributed by atoms with Gasteiger partial charge in [0.25, 0.3) is 0 Å². The van der Waals surface area contributed by atoms with E-state index in [1.807, 2.05) is 12.1 Å². The zero-order valence-electron chi connectivity index (χ0n) is 11.6. The Balaban J connectivity index is 2.05. The Morgan fingerprint density at radius 3 is 2.90 bits per heavy atom. The van der Waals surface area contributed by atoms with E-state index in [-0.39, 0.29) is 0 Å². The van der Waals surface area contributed by atoms with Crippen LogP contribution in [0.3, 0.4) is 0 Å². The molecule has 0 aliphatic carbocycles. The van der Waals surface area contributed by atoms with Gasteiger partial charge in [-0.15, -0.1) is 9.24 Å². The number of methoxy groups -OCH3 is 1. The molecule has 0 amide bonds. The molecule has 1 atom stereocenters. The topological polar surface area (TPSA) is 51.2 Å². The zero-order valence-corrected chi connectivity index (χ0v) is 13.5. The Bertz CT molecular complexity index is 649. The van der Waals surface area contributed by atoms with Crippen molar-refractivity contribution in [1.29, 1.82) is 0 Å². The lowest BCUT2D eigenvalue weighted by molar-refractivity contribution is 0.0601. The second kappa shape index (κ2) is 7.39. The molecule has 0 saturated heterocycles. The van der Waals surface area contributed by atoms with Crippen LogP contribution in [-0.2, 0) is 11.2 Å². The van der Waals surface area contributed by atoms with Crippen molar-refractivity contribution in [3.63, 3.8) is 0 Å². The molecule has 1 heterocycles. The number of carbonyl (C=O) groups is 1. The van der Waals surface area contributed by atoms with Crippen molar-refractivity contribution in [2.75, 3.05) is 19.0 Å². The van der Waals surface area contributed by atoms with E-state index in [4.69, 9.17) is 16.3 Å². The number of esters is 1. The fourth-order valence-electron chi connectivity index (χ4n) is 1.92. The zero-order chi connectivity index (χ0) is 15.2. The van der Waals surface area contributed by atoms with Crippen LogP contribution < -0.4 is 10.6 Å². The number of carbonyl (C=O) groups excluding carboxylic acids is 1. The normalized spacial score (nSPS) is 10.2. The molecule has 4 nitrogen and oxygen atoms in total. The minimum atomic E-state index is -0.436. The first-order chi connectivity index (χ1) is 10.1. The van der Waals surface area contributed by atoms with Crippen LogP contribution in [-0.4, -0.2) is 24.6 Å². The highest BCUT2D eigenvalue weighted by Crippen LogP contribution is 2.17. The fraction of sp³-hybridized carbons (Fsp3) is 0.200. The van der Waals surface area contributed by atoms with E-state index >= 15 is 0 Å². The summed E-state index contributed by atoms with van der Waals surface area (Å²) in [5, 5.41) is 4.61. The van der Waals surface area contributed by atoms with E-state index < -0.39 is 5.97 Å². The van der Waals surface area contributed by atoms with Gasteiger partial charge in [0.1, 0.15) is 16.5 Å². The number of hydrogen-bond acceptors (Lipinski definition) is 4. The average molecular weight is 323 g/mol. The van der Waals surface area contributed by atoms with Gasteiger partial charge in [0.05, 0.1) is 7.11 Å². The maximum absolute atomic E-state index is 11.7. The number of nitrogens with one attached hydrogen (secondary N) is 1. The summed E-state index contributed by atoms with van der Waals surface area (Å²) in [5.74, 6) is 0.00463. The molecule has 1 unspecified atom stereocenters. The quantitative estimate of drug-likeness (QED) is 0.522. The Morgan fingerprint density at radius 1 is 1.38 bits per heavy atom. The molecule has 2 rings (SSSR count). The Hall–Kier alpha value is -1.64. The first kappa shape index (κ1) is 15.7. The van der Waals surface area contributed by atoms with Crippen LogP contribution in [0, 0.1) is 0 Å². The van der Waals surface area contributed by atoms with Crippen LogP contribution in [0.5, 0.6) is 0 Å². The third-order valence-electron chi connectivity index (χ3n) is 2.92.